The largest absolute Gasteiger partial charge is 0.320 e. The molecule has 3 rings (SSSR count). The minimum absolute atomic E-state index is 0.470. The number of nitrogens with two attached hydrogens (primary N) is 1. The first-order valence-electron chi connectivity index (χ1n) is 6.64. The fraction of sp³-hybridized carbons (Fsp3) is 0.667. The van der Waals surface area contributed by atoms with E-state index in [1.165, 1.54) is 12.8 Å². The fourth-order valence-electron chi connectivity index (χ4n) is 2.30. The second-order valence-corrected chi connectivity index (χ2v) is 5.66. The third-order valence-corrected chi connectivity index (χ3v) is 3.44. The fourth-order valence-corrected chi connectivity index (χ4v) is 2.30. The first-order valence-corrected chi connectivity index (χ1v) is 6.64. The molecular formula is C12H19N7. The van der Waals surface area contributed by atoms with Crippen LogP contribution in [-0.2, 0) is 25.0 Å². The van der Waals surface area contributed by atoms with Gasteiger partial charge in [-0.05, 0) is 26.7 Å². The topological polar surface area (TPSA) is 87.4 Å². The minimum Gasteiger partial charge on any atom is -0.320 e. The summed E-state index contributed by atoms with van der Waals surface area (Å²) in [5, 5.41) is 16.7. The first kappa shape index (κ1) is 12.3. The molecule has 0 saturated carbocycles. The molecule has 0 atom stereocenters. The Kier molecular flexibility index (Phi) is 2.85. The van der Waals surface area contributed by atoms with E-state index in [0.717, 1.165) is 30.3 Å². The molecule has 3 heterocycles. The first-order chi connectivity index (χ1) is 9.04. The van der Waals surface area contributed by atoms with Crippen molar-refractivity contribution in [2.45, 2.75) is 51.7 Å². The Labute approximate surface area is 111 Å². The molecule has 2 N–H and O–H groups in total. The Hall–Kier alpha value is -1.76. The van der Waals surface area contributed by atoms with E-state index in [2.05, 4.69) is 25.1 Å². The van der Waals surface area contributed by atoms with Crippen LogP contribution in [0.15, 0.2) is 6.20 Å². The maximum Gasteiger partial charge on any atom is 0.154 e. The van der Waals surface area contributed by atoms with Crippen LogP contribution in [0.1, 0.15) is 44.0 Å². The average molecular weight is 261 g/mol. The zero-order valence-electron chi connectivity index (χ0n) is 11.4. The van der Waals surface area contributed by atoms with E-state index in [1.807, 2.05) is 20.0 Å². The number of aromatic nitrogens is 6. The number of fused-ring (bicyclic) bond motifs is 1. The summed E-state index contributed by atoms with van der Waals surface area (Å²) in [5.74, 6) is 2.03. The molecule has 0 unspecified atom stereocenters. The Morgan fingerprint density at radius 2 is 2.11 bits per heavy atom. The maximum atomic E-state index is 6.01. The van der Waals surface area contributed by atoms with Crippen LogP contribution in [0, 0.1) is 0 Å². The van der Waals surface area contributed by atoms with Gasteiger partial charge in [0, 0.05) is 13.0 Å². The molecule has 0 saturated heterocycles. The Morgan fingerprint density at radius 1 is 1.26 bits per heavy atom. The van der Waals surface area contributed by atoms with Gasteiger partial charge in [0.2, 0.25) is 0 Å². The Morgan fingerprint density at radius 3 is 2.84 bits per heavy atom. The number of hydrogen-bond acceptors (Lipinski definition) is 5. The number of nitrogens with zero attached hydrogens (tertiary/aromatic N) is 6. The summed E-state index contributed by atoms with van der Waals surface area (Å²) in [6, 6.07) is 0. The van der Waals surface area contributed by atoms with Gasteiger partial charge in [-0.25, -0.2) is 4.68 Å². The monoisotopic (exact) mass is 261 g/mol. The van der Waals surface area contributed by atoms with Gasteiger partial charge < -0.3 is 10.3 Å². The minimum atomic E-state index is -0.470. The summed E-state index contributed by atoms with van der Waals surface area (Å²) in [5.41, 5.74) is 6.32. The lowest BCUT2D eigenvalue weighted by atomic mass is 10.0. The second-order valence-electron chi connectivity index (χ2n) is 5.66. The number of hydrogen-bond donors (Lipinski definition) is 1. The van der Waals surface area contributed by atoms with Crippen molar-refractivity contribution in [1.29, 1.82) is 0 Å². The summed E-state index contributed by atoms with van der Waals surface area (Å²) in [6.45, 7) is 5.43. The van der Waals surface area contributed by atoms with E-state index in [4.69, 9.17) is 5.73 Å². The van der Waals surface area contributed by atoms with Crippen molar-refractivity contribution in [3.8, 4) is 0 Å². The smallest absolute Gasteiger partial charge is 0.154 e. The Balaban J connectivity index is 1.82. The van der Waals surface area contributed by atoms with Crippen molar-refractivity contribution in [3.05, 3.63) is 23.5 Å². The lowest BCUT2D eigenvalue weighted by Crippen LogP contribution is -2.29. The lowest BCUT2D eigenvalue weighted by Gasteiger charge is -2.14. The summed E-state index contributed by atoms with van der Waals surface area (Å²) >= 11 is 0. The molecule has 102 valence electrons. The Bertz CT molecular complexity index is 575. The van der Waals surface area contributed by atoms with E-state index >= 15 is 0 Å². The highest BCUT2D eigenvalue weighted by Crippen LogP contribution is 2.16. The molecular weight excluding hydrogens is 242 g/mol. The van der Waals surface area contributed by atoms with Gasteiger partial charge >= 0.3 is 0 Å². The van der Waals surface area contributed by atoms with E-state index in [0.29, 0.717) is 6.54 Å². The van der Waals surface area contributed by atoms with Crippen LogP contribution >= 0.6 is 0 Å². The molecule has 0 aromatic carbocycles. The van der Waals surface area contributed by atoms with Crippen LogP contribution < -0.4 is 5.73 Å². The van der Waals surface area contributed by atoms with Crippen LogP contribution in [0.25, 0.3) is 0 Å². The summed E-state index contributed by atoms with van der Waals surface area (Å²) in [6.07, 6.45) is 5.29. The molecule has 0 amide bonds. The van der Waals surface area contributed by atoms with Crippen LogP contribution in [0.2, 0.25) is 0 Å². The van der Waals surface area contributed by atoms with Crippen molar-refractivity contribution in [3.63, 3.8) is 0 Å². The van der Waals surface area contributed by atoms with Crippen molar-refractivity contribution in [2.24, 2.45) is 5.73 Å². The highest BCUT2D eigenvalue weighted by Gasteiger charge is 2.20. The SMILES string of the molecule is CC(C)(N)c1cn(Cc2nnc3n2CCCC3)nn1. The van der Waals surface area contributed by atoms with Gasteiger partial charge in [0.1, 0.15) is 18.1 Å². The average Bonchev–Trinajstić information content (AvgIpc) is 2.97. The molecule has 1 aliphatic heterocycles. The molecule has 0 spiro atoms. The van der Waals surface area contributed by atoms with E-state index in [1.54, 1.807) is 4.68 Å². The molecule has 19 heavy (non-hydrogen) atoms. The lowest BCUT2D eigenvalue weighted by molar-refractivity contribution is 0.493. The highest BCUT2D eigenvalue weighted by molar-refractivity contribution is 5.07. The van der Waals surface area contributed by atoms with Gasteiger partial charge in [0.05, 0.1) is 11.7 Å². The van der Waals surface area contributed by atoms with E-state index < -0.39 is 5.54 Å². The normalized spacial score (nSPS) is 15.5. The van der Waals surface area contributed by atoms with Crippen molar-refractivity contribution in [2.75, 3.05) is 0 Å². The van der Waals surface area contributed by atoms with Crippen LogP contribution in [0.5, 0.6) is 0 Å². The van der Waals surface area contributed by atoms with Crippen LogP contribution in [-0.4, -0.2) is 29.8 Å². The molecule has 0 aliphatic carbocycles. The predicted molar refractivity (Wildman–Crippen MR) is 69.3 cm³/mol. The standard InChI is InChI=1S/C12H19N7/c1-12(2,13)9-7-18(17-14-9)8-11-16-15-10-5-3-4-6-19(10)11/h7H,3-6,8,13H2,1-2H3. The highest BCUT2D eigenvalue weighted by atomic mass is 15.4. The van der Waals surface area contributed by atoms with Gasteiger partial charge in [0.25, 0.3) is 0 Å². The molecule has 1 aliphatic rings. The number of rotatable bonds is 3. The maximum absolute atomic E-state index is 6.01. The molecule has 0 fully saturated rings. The van der Waals surface area contributed by atoms with Crippen molar-refractivity contribution >= 4 is 0 Å². The quantitative estimate of drug-likeness (QED) is 0.866. The zero-order chi connectivity index (χ0) is 13.5. The van der Waals surface area contributed by atoms with Gasteiger partial charge in [-0.3, -0.25) is 0 Å². The molecule has 7 nitrogen and oxygen atoms in total. The third-order valence-electron chi connectivity index (χ3n) is 3.44. The van der Waals surface area contributed by atoms with Crippen molar-refractivity contribution in [1.82, 2.24) is 29.8 Å². The summed E-state index contributed by atoms with van der Waals surface area (Å²) in [4.78, 5) is 0. The molecule has 0 radical (unpaired) electrons. The van der Waals surface area contributed by atoms with Crippen LogP contribution in [0.4, 0.5) is 0 Å². The second kappa shape index (κ2) is 4.41. The number of aryl methyl sites for hydroxylation is 1. The van der Waals surface area contributed by atoms with Crippen LogP contribution in [0.3, 0.4) is 0 Å². The van der Waals surface area contributed by atoms with Crippen molar-refractivity contribution < 1.29 is 0 Å². The molecule has 7 heteroatoms. The summed E-state index contributed by atoms with van der Waals surface area (Å²) in [7, 11) is 0. The molecule has 2 aromatic rings. The van der Waals surface area contributed by atoms with E-state index in [9.17, 15) is 0 Å². The third kappa shape index (κ3) is 2.37. The molecule has 2 aromatic heterocycles. The van der Waals surface area contributed by atoms with Gasteiger partial charge in [0.15, 0.2) is 5.82 Å². The molecule has 0 bridgehead atoms. The van der Waals surface area contributed by atoms with E-state index in [-0.39, 0.29) is 0 Å². The van der Waals surface area contributed by atoms with Gasteiger partial charge in [-0.1, -0.05) is 5.21 Å². The zero-order valence-corrected chi connectivity index (χ0v) is 11.4. The van der Waals surface area contributed by atoms with Gasteiger partial charge in [-0.2, -0.15) is 0 Å². The summed E-state index contributed by atoms with van der Waals surface area (Å²) < 4.78 is 3.97. The van der Waals surface area contributed by atoms with Gasteiger partial charge in [-0.15, -0.1) is 15.3 Å². The predicted octanol–water partition coefficient (Wildman–Crippen LogP) is 0.448.